The number of ether oxygens (including phenoxy) is 1. The lowest BCUT2D eigenvalue weighted by atomic mass is 9.76. The molecule has 0 bridgehead atoms. The topological polar surface area (TPSA) is 343 Å². The van der Waals surface area contributed by atoms with Crippen LogP contribution in [0.1, 0.15) is 157 Å². The highest BCUT2D eigenvalue weighted by molar-refractivity contribution is 7.90. The average molecular weight is 1310 g/mol. The highest BCUT2D eigenvalue weighted by Gasteiger charge is 2.48. The molecule has 3 aliphatic rings. The van der Waals surface area contributed by atoms with Gasteiger partial charge in [-0.25, -0.2) is 22.7 Å². The molecule has 1 unspecified atom stereocenters. The molecule has 508 valence electrons. The Balaban J connectivity index is 0.984. The van der Waals surface area contributed by atoms with Crippen molar-refractivity contribution in [3.63, 3.8) is 0 Å². The van der Waals surface area contributed by atoms with Crippen LogP contribution in [0, 0.1) is 29.1 Å². The van der Waals surface area contributed by atoms with E-state index in [9.17, 15) is 56.4 Å². The number of alkyl carbamates (subject to hydrolysis) is 1. The number of imide groups is 1. The Kier molecular flexibility index (Phi) is 25.5. The smallest absolute Gasteiger partial charge is 0.408 e. The Labute approximate surface area is 547 Å². The van der Waals surface area contributed by atoms with Crippen molar-refractivity contribution in [2.75, 3.05) is 32.5 Å². The van der Waals surface area contributed by atoms with Crippen LogP contribution >= 0.6 is 0 Å². The van der Waals surface area contributed by atoms with Crippen molar-refractivity contribution in [3.05, 3.63) is 107 Å². The molecule has 3 fully saturated rings. The SMILES string of the molecule is CN[C@H](C(=O)N[C@H](C(=O)N(C)[C@H](/C=C(\C)C(=O)NS(=O)(=O)c1ccc(C2(NC(=O)OCc3ccc(NC(=O)[C@H](CCCNC(N)=O)NC(=O)[C@@H](NC(=O)CCCCCN4C(=O)CC(C5CC5)C4=O)C(C)C)cc3)CC2)cc1)C(C)C)C(C)(C)C)C(C)(C)c1ccccc1. The number of urea groups is 1. The average Bonchev–Trinajstić information content (AvgIpc) is 1.68. The molecule has 3 aromatic rings. The summed E-state index contributed by atoms with van der Waals surface area (Å²) in [5, 5.41) is 19.9. The van der Waals surface area contributed by atoms with E-state index in [2.05, 4.69) is 41.9 Å². The molecule has 0 aromatic heterocycles. The number of sulfonamides is 1. The molecule has 3 aromatic carbocycles. The Bertz CT molecular complexity index is 3320. The van der Waals surface area contributed by atoms with Crippen LogP contribution < -0.4 is 47.7 Å². The predicted molar refractivity (Wildman–Crippen MR) is 351 cm³/mol. The number of nitrogens with two attached hydrogens (primary N) is 1. The minimum atomic E-state index is -4.40. The van der Waals surface area contributed by atoms with Crippen LogP contribution in [0.3, 0.4) is 0 Å². The fourth-order valence-corrected chi connectivity index (χ4v) is 12.7. The van der Waals surface area contributed by atoms with Gasteiger partial charge in [-0.05, 0) is 129 Å². The highest BCUT2D eigenvalue weighted by atomic mass is 32.2. The lowest BCUT2D eigenvalue weighted by Crippen LogP contribution is -2.61. The molecule has 1 saturated heterocycles. The van der Waals surface area contributed by atoms with E-state index in [4.69, 9.17) is 10.5 Å². The van der Waals surface area contributed by atoms with Gasteiger partial charge >= 0.3 is 12.1 Å². The number of nitrogens with one attached hydrogen (secondary N) is 8. The van der Waals surface area contributed by atoms with Gasteiger partial charge in [-0.1, -0.05) is 129 Å². The number of anilines is 1. The number of benzene rings is 3. The number of primary amides is 1. The Hall–Kier alpha value is -8.19. The summed E-state index contributed by atoms with van der Waals surface area (Å²) in [7, 11) is -1.12. The van der Waals surface area contributed by atoms with Gasteiger partial charge in [0.15, 0.2) is 0 Å². The molecule has 1 heterocycles. The van der Waals surface area contributed by atoms with Gasteiger partial charge < -0.3 is 52.6 Å². The van der Waals surface area contributed by atoms with Gasteiger partial charge in [0.1, 0.15) is 24.7 Å². The first-order valence-corrected chi connectivity index (χ1v) is 33.7. The fraction of sp³-hybridized carbons (Fsp3) is 0.559. The number of likely N-dealkylation sites (N-methyl/N-ethyl adjacent to an activating group) is 2. The summed E-state index contributed by atoms with van der Waals surface area (Å²) in [6.07, 6.45) is 6.23. The first kappa shape index (κ1) is 73.9. The highest BCUT2D eigenvalue weighted by Crippen LogP contribution is 2.46. The lowest BCUT2D eigenvalue weighted by molar-refractivity contribution is -0.141. The molecule has 93 heavy (non-hydrogen) atoms. The van der Waals surface area contributed by atoms with Crippen LogP contribution in [0.4, 0.5) is 15.3 Å². The van der Waals surface area contributed by atoms with Crippen molar-refractivity contribution >= 4 is 75.1 Å². The number of likely N-dealkylation sites (tertiary alicyclic amines) is 1. The normalized spacial score (nSPS) is 17.3. The summed E-state index contributed by atoms with van der Waals surface area (Å²) in [5.41, 5.74) is 5.54. The largest absolute Gasteiger partial charge is 0.445 e. The number of unbranched alkanes of at least 4 members (excludes halogenated alkanes) is 2. The second-order valence-corrected chi connectivity index (χ2v) is 28.9. The molecule has 1 aliphatic heterocycles. The van der Waals surface area contributed by atoms with Crippen molar-refractivity contribution in [2.45, 2.75) is 193 Å². The standard InChI is InChI=1S/C68H97N11O13S/c1-41(2)52(78(12)63(87)57(66(6,7)8)75-61(85)56(70-11)67(9,10)46-20-15-13-16-21-46)38-43(5)58(82)77-93(90,91)49-32-28-47(29-33-49)68(34-35-68)76-65(89)92-40-44-24-30-48(31-25-44)72-59(83)51(22-19-36-71-64(69)88)73-60(84)55(42(3)4)74-53(80)23-17-14-18-37-79-54(81)39-50(62(79)86)45-26-27-45/h13,15-16,20-21,24-25,28-33,38,41-42,45,50-52,55-57,70H,14,17-19,22-23,26-27,34-37,39-40H2,1-12H3,(H,72,83)(H,73,84)(H,74,80)(H,75,85)(H,76,89)(H,77,82)(H3,69,71,88)/b43-38+/t50?,51-,52+,55-,56+,57+/m0/s1. The van der Waals surface area contributed by atoms with Gasteiger partial charge in [-0.15, -0.1) is 0 Å². The summed E-state index contributed by atoms with van der Waals surface area (Å²) >= 11 is 0. The van der Waals surface area contributed by atoms with E-state index >= 15 is 0 Å². The number of hydrogen-bond donors (Lipinski definition) is 9. The summed E-state index contributed by atoms with van der Waals surface area (Å²) in [5.74, 6) is -3.89. The molecule has 2 aliphatic carbocycles. The molecule has 24 nitrogen and oxygen atoms in total. The molecule has 10 N–H and O–H groups in total. The number of amides is 11. The fourth-order valence-electron chi connectivity index (χ4n) is 11.7. The van der Waals surface area contributed by atoms with Crippen LogP contribution in [0.25, 0.3) is 0 Å². The van der Waals surface area contributed by atoms with Gasteiger partial charge in [0.05, 0.1) is 28.4 Å². The van der Waals surface area contributed by atoms with E-state index in [0.29, 0.717) is 61.4 Å². The van der Waals surface area contributed by atoms with E-state index in [1.54, 1.807) is 70.4 Å². The Morgan fingerprint density at radius 3 is 2.00 bits per heavy atom. The van der Waals surface area contributed by atoms with Crippen molar-refractivity contribution in [1.82, 2.24) is 46.4 Å². The molecule has 0 spiro atoms. The zero-order valence-electron chi connectivity index (χ0n) is 55.9. The second kappa shape index (κ2) is 32.1. The number of carbonyl (C=O) groups is 10. The third-order valence-electron chi connectivity index (χ3n) is 17.7. The first-order valence-electron chi connectivity index (χ1n) is 32.2. The maximum atomic E-state index is 14.4. The van der Waals surface area contributed by atoms with Crippen molar-refractivity contribution in [1.29, 1.82) is 0 Å². The van der Waals surface area contributed by atoms with Crippen LogP contribution in [-0.4, -0.2) is 135 Å². The van der Waals surface area contributed by atoms with Gasteiger partial charge in [0.2, 0.25) is 41.4 Å². The molecule has 11 amide bonds. The van der Waals surface area contributed by atoms with Gasteiger partial charge in [0.25, 0.3) is 15.9 Å². The van der Waals surface area contributed by atoms with Crippen molar-refractivity contribution < 1.29 is 61.1 Å². The van der Waals surface area contributed by atoms with Crippen molar-refractivity contribution in [3.8, 4) is 0 Å². The van der Waals surface area contributed by atoms with Crippen LogP contribution in [0.5, 0.6) is 0 Å². The predicted octanol–water partition coefficient (Wildman–Crippen LogP) is 6.29. The van der Waals surface area contributed by atoms with E-state index in [1.807, 2.05) is 78.8 Å². The van der Waals surface area contributed by atoms with E-state index in [-0.39, 0.29) is 90.7 Å². The monoisotopic (exact) mass is 1310 g/mol. The maximum Gasteiger partial charge on any atom is 0.408 e. The summed E-state index contributed by atoms with van der Waals surface area (Å²) in [6, 6.07) is 16.7. The van der Waals surface area contributed by atoms with Gasteiger partial charge in [-0.2, -0.15) is 0 Å². The quantitative estimate of drug-likeness (QED) is 0.0184. The summed E-state index contributed by atoms with van der Waals surface area (Å²) in [6.45, 7) is 18.5. The van der Waals surface area contributed by atoms with Crippen molar-refractivity contribution in [2.24, 2.45) is 34.8 Å². The third-order valence-corrected chi connectivity index (χ3v) is 19.0. The van der Waals surface area contributed by atoms with Crippen LogP contribution in [-0.2, 0) is 70.7 Å². The summed E-state index contributed by atoms with van der Waals surface area (Å²) < 4.78 is 35.0. The zero-order valence-corrected chi connectivity index (χ0v) is 56.7. The zero-order chi connectivity index (χ0) is 68.8. The number of rotatable bonds is 33. The molecular weight excluding hydrogens is 1210 g/mol. The maximum absolute atomic E-state index is 14.4. The second-order valence-electron chi connectivity index (χ2n) is 27.2. The van der Waals surface area contributed by atoms with Gasteiger partial charge in [0, 0.05) is 49.7 Å². The molecule has 6 rings (SSSR count). The van der Waals surface area contributed by atoms with Crippen LogP contribution in [0.15, 0.2) is 95.4 Å². The number of hydrogen-bond acceptors (Lipinski definition) is 14. The summed E-state index contributed by atoms with van der Waals surface area (Å²) in [4.78, 5) is 135. The van der Waals surface area contributed by atoms with E-state index < -0.39 is 92.4 Å². The Morgan fingerprint density at radius 1 is 0.785 bits per heavy atom. The Morgan fingerprint density at radius 2 is 1.43 bits per heavy atom. The van der Waals surface area contributed by atoms with E-state index in [0.717, 1.165) is 18.4 Å². The van der Waals surface area contributed by atoms with E-state index in [1.165, 1.54) is 28.9 Å². The molecule has 2 saturated carbocycles. The third kappa shape index (κ3) is 20.4. The molecule has 6 atom stereocenters. The lowest BCUT2D eigenvalue weighted by Gasteiger charge is -2.40. The minimum absolute atomic E-state index is 0.0422. The molecular formula is C68H97N11O13S. The van der Waals surface area contributed by atoms with Gasteiger partial charge in [-0.3, -0.25) is 43.3 Å². The number of nitrogens with zero attached hydrogens (tertiary/aromatic N) is 2. The van der Waals surface area contributed by atoms with Crippen LogP contribution in [0.2, 0.25) is 0 Å². The molecule has 0 radical (unpaired) electrons. The minimum Gasteiger partial charge on any atom is -0.445 e. The molecule has 25 heteroatoms. The first-order chi connectivity index (χ1) is 43.7. The number of carbonyl (C=O) groups excluding carboxylic acids is 10.